The lowest BCUT2D eigenvalue weighted by atomic mass is 9.89. The number of nitrogens with two attached hydrogens (primary N) is 1. The van der Waals surface area contributed by atoms with E-state index in [4.69, 9.17) is 17.3 Å². The summed E-state index contributed by atoms with van der Waals surface area (Å²) < 4.78 is 2.78. The molecule has 19 heavy (non-hydrogen) atoms. The highest BCUT2D eigenvalue weighted by Crippen LogP contribution is 2.30. The lowest BCUT2D eigenvalue weighted by Crippen LogP contribution is -2.37. The lowest BCUT2D eigenvalue weighted by Gasteiger charge is -2.26. The predicted octanol–water partition coefficient (Wildman–Crippen LogP) is 3.13. The van der Waals surface area contributed by atoms with Crippen molar-refractivity contribution in [3.63, 3.8) is 0 Å². The Morgan fingerprint density at radius 3 is 2.84 bits per heavy atom. The Morgan fingerprint density at radius 2 is 2.21 bits per heavy atom. The first-order valence-electron chi connectivity index (χ1n) is 6.05. The summed E-state index contributed by atoms with van der Waals surface area (Å²) >= 11 is 9.67. The minimum atomic E-state index is -0.586. The number of hydrogen-bond acceptors (Lipinski definition) is 3. The van der Waals surface area contributed by atoms with Gasteiger partial charge in [0.05, 0.1) is 0 Å². The summed E-state index contributed by atoms with van der Waals surface area (Å²) in [5.74, 6) is 0.867. The standard InChI is InChI=1S/C13H16BrClN4/c1-3-19-12(17-8-18-19)7-13(2,16)10-5-4-9(14)6-11(10)15/h4-6,8H,3,7,16H2,1-2H3. The van der Waals surface area contributed by atoms with Gasteiger partial charge in [-0.25, -0.2) is 4.98 Å². The van der Waals surface area contributed by atoms with Crippen LogP contribution in [0.3, 0.4) is 0 Å². The first-order valence-corrected chi connectivity index (χ1v) is 7.22. The maximum atomic E-state index is 6.42. The van der Waals surface area contributed by atoms with Crippen molar-refractivity contribution in [1.29, 1.82) is 0 Å². The first-order chi connectivity index (χ1) is 8.94. The Kier molecular flexibility index (Phi) is 4.28. The van der Waals surface area contributed by atoms with E-state index in [0.29, 0.717) is 11.4 Å². The second kappa shape index (κ2) is 5.61. The number of aromatic nitrogens is 3. The van der Waals surface area contributed by atoms with Crippen LogP contribution in [-0.4, -0.2) is 14.8 Å². The normalized spacial score (nSPS) is 14.4. The molecule has 1 aromatic heterocycles. The molecular formula is C13H16BrClN4. The molecule has 0 aliphatic heterocycles. The summed E-state index contributed by atoms with van der Waals surface area (Å²) in [5, 5.41) is 4.81. The maximum Gasteiger partial charge on any atom is 0.138 e. The van der Waals surface area contributed by atoms with Crippen molar-refractivity contribution in [3.8, 4) is 0 Å². The smallest absolute Gasteiger partial charge is 0.138 e. The van der Waals surface area contributed by atoms with Gasteiger partial charge in [-0.1, -0.05) is 33.6 Å². The number of hydrogen-bond donors (Lipinski definition) is 1. The SMILES string of the molecule is CCn1ncnc1CC(C)(N)c1ccc(Br)cc1Cl. The van der Waals surface area contributed by atoms with Crippen LogP contribution in [-0.2, 0) is 18.5 Å². The molecule has 102 valence electrons. The Balaban J connectivity index is 2.32. The Bertz CT molecular complexity index is 580. The highest BCUT2D eigenvalue weighted by molar-refractivity contribution is 9.10. The summed E-state index contributed by atoms with van der Waals surface area (Å²) in [6, 6.07) is 5.74. The fraction of sp³-hybridized carbons (Fsp3) is 0.385. The topological polar surface area (TPSA) is 56.7 Å². The molecule has 1 aromatic carbocycles. The van der Waals surface area contributed by atoms with Gasteiger partial charge >= 0.3 is 0 Å². The zero-order chi connectivity index (χ0) is 14.0. The van der Waals surface area contributed by atoms with Crippen molar-refractivity contribution in [1.82, 2.24) is 14.8 Å². The predicted molar refractivity (Wildman–Crippen MR) is 80.1 cm³/mol. The molecule has 2 aromatic rings. The minimum absolute atomic E-state index is 0.586. The van der Waals surface area contributed by atoms with Crippen LogP contribution in [0.1, 0.15) is 25.2 Å². The highest BCUT2D eigenvalue weighted by atomic mass is 79.9. The average Bonchev–Trinajstić information content (AvgIpc) is 2.74. The van der Waals surface area contributed by atoms with Gasteiger partial charge in [0.25, 0.3) is 0 Å². The molecule has 1 heterocycles. The number of aryl methyl sites for hydroxylation is 1. The average molecular weight is 344 g/mol. The first kappa shape index (κ1) is 14.5. The molecule has 0 fully saturated rings. The summed E-state index contributed by atoms with van der Waals surface area (Å²) in [7, 11) is 0. The van der Waals surface area contributed by atoms with Gasteiger partial charge in [0.15, 0.2) is 0 Å². The summed E-state index contributed by atoms with van der Waals surface area (Å²) in [4.78, 5) is 4.26. The molecule has 0 spiro atoms. The van der Waals surface area contributed by atoms with Gasteiger partial charge < -0.3 is 5.73 Å². The lowest BCUT2D eigenvalue weighted by molar-refractivity contribution is 0.457. The Hall–Kier alpha value is -0.910. The van der Waals surface area contributed by atoms with Crippen LogP contribution < -0.4 is 5.73 Å². The Labute approximate surface area is 126 Å². The number of halogens is 2. The highest BCUT2D eigenvalue weighted by Gasteiger charge is 2.26. The van der Waals surface area contributed by atoms with E-state index in [1.165, 1.54) is 0 Å². The van der Waals surface area contributed by atoms with Crippen molar-refractivity contribution in [3.05, 3.63) is 45.4 Å². The van der Waals surface area contributed by atoms with Crippen LogP contribution in [0.2, 0.25) is 5.02 Å². The summed E-state index contributed by atoms with van der Waals surface area (Å²) in [6.45, 7) is 4.76. The minimum Gasteiger partial charge on any atom is -0.321 e. The third-order valence-corrected chi connectivity index (χ3v) is 3.87. The van der Waals surface area contributed by atoms with Crippen molar-refractivity contribution in [2.24, 2.45) is 5.73 Å². The van der Waals surface area contributed by atoms with Crippen molar-refractivity contribution in [2.45, 2.75) is 32.4 Å². The van der Waals surface area contributed by atoms with Gasteiger partial charge in [-0.2, -0.15) is 5.10 Å². The zero-order valence-corrected chi connectivity index (χ0v) is 13.2. The van der Waals surface area contributed by atoms with Gasteiger partial charge in [-0.15, -0.1) is 0 Å². The molecule has 4 nitrogen and oxygen atoms in total. The van der Waals surface area contributed by atoms with E-state index < -0.39 is 5.54 Å². The molecule has 0 aliphatic rings. The van der Waals surface area contributed by atoms with E-state index in [0.717, 1.165) is 22.4 Å². The zero-order valence-electron chi connectivity index (χ0n) is 10.9. The molecule has 1 atom stereocenters. The van der Waals surface area contributed by atoms with Crippen molar-refractivity contribution < 1.29 is 0 Å². The molecule has 0 aliphatic carbocycles. The van der Waals surface area contributed by atoms with Gasteiger partial charge in [0.2, 0.25) is 0 Å². The third kappa shape index (κ3) is 3.16. The quantitative estimate of drug-likeness (QED) is 0.928. The monoisotopic (exact) mass is 342 g/mol. The van der Waals surface area contributed by atoms with E-state index >= 15 is 0 Å². The van der Waals surface area contributed by atoms with E-state index in [9.17, 15) is 0 Å². The molecule has 2 N–H and O–H groups in total. The fourth-order valence-corrected chi connectivity index (χ4v) is 2.95. The van der Waals surface area contributed by atoms with E-state index in [2.05, 4.69) is 26.0 Å². The maximum absolute atomic E-state index is 6.42. The van der Waals surface area contributed by atoms with Crippen LogP contribution >= 0.6 is 27.5 Å². The van der Waals surface area contributed by atoms with Crippen LogP contribution in [0, 0.1) is 0 Å². The molecule has 6 heteroatoms. The van der Waals surface area contributed by atoms with Crippen LogP contribution in [0.15, 0.2) is 29.0 Å². The number of nitrogens with zero attached hydrogens (tertiary/aromatic N) is 3. The molecule has 2 rings (SSSR count). The molecular weight excluding hydrogens is 328 g/mol. The van der Waals surface area contributed by atoms with Gasteiger partial charge in [-0.3, -0.25) is 4.68 Å². The van der Waals surface area contributed by atoms with Crippen LogP contribution in [0.25, 0.3) is 0 Å². The van der Waals surface area contributed by atoms with Gasteiger partial charge in [0, 0.05) is 28.0 Å². The summed E-state index contributed by atoms with van der Waals surface area (Å²) in [6.07, 6.45) is 2.14. The van der Waals surface area contributed by atoms with Crippen LogP contribution in [0.5, 0.6) is 0 Å². The van der Waals surface area contributed by atoms with Crippen molar-refractivity contribution >= 4 is 27.5 Å². The van der Waals surface area contributed by atoms with Gasteiger partial charge in [0.1, 0.15) is 12.2 Å². The molecule has 0 radical (unpaired) electrons. The van der Waals surface area contributed by atoms with E-state index in [1.807, 2.05) is 36.7 Å². The van der Waals surface area contributed by atoms with Crippen molar-refractivity contribution in [2.75, 3.05) is 0 Å². The van der Waals surface area contributed by atoms with E-state index in [-0.39, 0.29) is 0 Å². The van der Waals surface area contributed by atoms with Gasteiger partial charge in [-0.05, 0) is 31.5 Å². The van der Waals surface area contributed by atoms with Crippen LogP contribution in [0.4, 0.5) is 0 Å². The third-order valence-electron chi connectivity index (χ3n) is 3.07. The second-order valence-electron chi connectivity index (χ2n) is 4.71. The molecule has 0 saturated carbocycles. The summed E-state index contributed by atoms with van der Waals surface area (Å²) in [5.41, 5.74) is 6.74. The molecule has 1 unspecified atom stereocenters. The molecule has 0 bridgehead atoms. The molecule has 0 amide bonds. The second-order valence-corrected chi connectivity index (χ2v) is 6.03. The number of rotatable bonds is 4. The number of benzene rings is 1. The van der Waals surface area contributed by atoms with E-state index in [1.54, 1.807) is 6.33 Å². The fourth-order valence-electron chi connectivity index (χ4n) is 2.07. The molecule has 0 saturated heterocycles. The largest absolute Gasteiger partial charge is 0.321 e. The Morgan fingerprint density at radius 1 is 1.47 bits per heavy atom.